The van der Waals surface area contributed by atoms with Crippen LogP contribution in [0, 0.1) is 20.8 Å². The van der Waals surface area contributed by atoms with Gasteiger partial charge in [-0.25, -0.2) is 13.2 Å². The topological polar surface area (TPSA) is 87.2 Å². The lowest BCUT2D eigenvalue weighted by Crippen LogP contribution is -2.53. The van der Waals surface area contributed by atoms with Crippen molar-refractivity contribution in [3.63, 3.8) is 0 Å². The molecular weight excluding hydrogens is 466 g/mol. The predicted octanol–water partition coefficient (Wildman–Crippen LogP) is 3.15. The van der Waals surface area contributed by atoms with Crippen LogP contribution in [-0.4, -0.2) is 80.4 Å². The molecule has 2 amide bonds. The van der Waals surface area contributed by atoms with Gasteiger partial charge in [0.05, 0.1) is 18.0 Å². The largest absolute Gasteiger partial charge is 0.450 e. The second-order valence-corrected chi connectivity index (χ2v) is 10.7. The molecule has 2 aromatic carbocycles. The number of carbonyl (C=O) groups is 2. The average molecular weight is 502 g/mol. The summed E-state index contributed by atoms with van der Waals surface area (Å²) in [7, 11) is -3.91. The Bertz CT molecular complexity index is 1120. The minimum Gasteiger partial charge on any atom is -0.450 e. The number of nitrogens with zero attached hydrogens (tertiary/aromatic N) is 3. The quantitative estimate of drug-likeness (QED) is 0.555. The van der Waals surface area contributed by atoms with Gasteiger partial charge in [0, 0.05) is 32.7 Å². The van der Waals surface area contributed by atoms with Crippen molar-refractivity contribution < 1.29 is 22.7 Å². The van der Waals surface area contributed by atoms with Crippen molar-refractivity contribution in [2.75, 3.05) is 45.9 Å². The summed E-state index contributed by atoms with van der Waals surface area (Å²) in [4.78, 5) is 28.6. The highest BCUT2D eigenvalue weighted by Crippen LogP contribution is 2.26. The average Bonchev–Trinajstić information content (AvgIpc) is 2.81. The smallest absolute Gasteiger partial charge is 0.409 e. The first-order chi connectivity index (χ1) is 16.6. The molecule has 1 fully saturated rings. The summed E-state index contributed by atoms with van der Waals surface area (Å²) in [5.41, 5.74) is 3.33. The number of aryl methyl sites for hydroxylation is 3. The van der Waals surface area contributed by atoms with E-state index in [4.69, 9.17) is 4.74 Å². The fourth-order valence-electron chi connectivity index (χ4n) is 4.49. The zero-order valence-corrected chi connectivity index (χ0v) is 21.8. The Labute approximate surface area is 208 Å². The van der Waals surface area contributed by atoms with Gasteiger partial charge in [0.15, 0.2) is 0 Å². The van der Waals surface area contributed by atoms with E-state index in [-0.39, 0.29) is 23.9 Å². The SMILES string of the molecule is CCOC(=O)N1CCN(C(=O)CN(CCc2ccccc2)S(=O)(=O)c2c(C)cc(C)cc2C)CC1. The number of hydrogen-bond donors (Lipinski definition) is 0. The van der Waals surface area contributed by atoms with Gasteiger partial charge in [0.1, 0.15) is 0 Å². The number of ether oxygens (including phenoxy) is 1. The highest BCUT2D eigenvalue weighted by Gasteiger charge is 2.32. The molecule has 0 radical (unpaired) electrons. The summed E-state index contributed by atoms with van der Waals surface area (Å²) >= 11 is 0. The van der Waals surface area contributed by atoms with E-state index in [9.17, 15) is 18.0 Å². The molecule has 1 saturated heterocycles. The van der Waals surface area contributed by atoms with Crippen LogP contribution in [-0.2, 0) is 26.0 Å². The number of benzene rings is 2. The number of rotatable bonds is 8. The fraction of sp³-hybridized carbons (Fsp3) is 0.462. The number of carbonyl (C=O) groups excluding carboxylic acids is 2. The van der Waals surface area contributed by atoms with E-state index in [2.05, 4.69) is 0 Å². The molecule has 0 aliphatic carbocycles. The van der Waals surface area contributed by atoms with Gasteiger partial charge < -0.3 is 14.5 Å². The standard InChI is InChI=1S/C26H35N3O5S/c1-5-34-26(31)28-15-13-27(14-16-28)24(30)19-29(12-11-23-9-7-6-8-10-23)35(32,33)25-21(3)17-20(2)18-22(25)4/h6-10,17-18H,5,11-16,19H2,1-4H3. The fourth-order valence-corrected chi connectivity index (χ4v) is 6.29. The highest BCUT2D eigenvalue weighted by molar-refractivity contribution is 7.89. The number of hydrogen-bond acceptors (Lipinski definition) is 5. The second-order valence-electron chi connectivity index (χ2n) is 8.87. The Balaban J connectivity index is 1.80. The minimum absolute atomic E-state index is 0.188. The van der Waals surface area contributed by atoms with Crippen molar-refractivity contribution in [1.29, 1.82) is 0 Å². The summed E-state index contributed by atoms with van der Waals surface area (Å²) in [5, 5.41) is 0. The zero-order chi connectivity index (χ0) is 25.6. The summed E-state index contributed by atoms with van der Waals surface area (Å²) in [5.74, 6) is -0.271. The minimum atomic E-state index is -3.91. The molecule has 2 aromatic rings. The lowest BCUT2D eigenvalue weighted by atomic mass is 10.1. The molecule has 1 heterocycles. The molecule has 0 saturated carbocycles. The number of piperazine rings is 1. The van der Waals surface area contributed by atoms with Crippen LogP contribution in [0.2, 0.25) is 0 Å². The van der Waals surface area contributed by atoms with Gasteiger partial charge in [-0.1, -0.05) is 48.0 Å². The molecular formula is C26H35N3O5S. The van der Waals surface area contributed by atoms with Gasteiger partial charge in [-0.2, -0.15) is 4.31 Å². The molecule has 0 N–H and O–H groups in total. The molecule has 190 valence electrons. The van der Waals surface area contributed by atoms with Crippen LogP contribution in [0.3, 0.4) is 0 Å². The summed E-state index contributed by atoms with van der Waals surface area (Å²) in [6.45, 7) is 8.90. The van der Waals surface area contributed by atoms with Gasteiger partial charge in [0.2, 0.25) is 15.9 Å². The van der Waals surface area contributed by atoms with Crippen molar-refractivity contribution in [3.05, 3.63) is 64.7 Å². The summed E-state index contributed by atoms with van der Waals surface area (Å²) < 4.78 is 34.0. The van der Waals surface area contributed by atoms with Crippen LogP contribution < -0.4 is 0 Å². The molecule has 0 spiro atoms. The summed E-state index contributed by atoms with van der Waals surface area (Å²) in [6, 6.07) is 13.3. The molecule has 0 atom stereocenters. The molecule has 1 aliphatic rings. The van der Waals surface area contributed by atoms with E-state index in [1.165, 1.54) is 4.31 Å². The van der Waals surface area contributed by atoms with E-state index >= 15 is 0 Å². The number of sulfonamides is 1. The maximum atomic E-state index is 13.8. The first-order valence-corrected chi connectivity index (χ1v) is 13.4. The van der Waals surface area contributed by atoms with Gasteiger partial charge in [-0.05, 0) is 50.8 Å². The van der Waals surface area contributed by atoms with Gasteiger partial charge in [0.25, 0.3) is 0 Å². The third-order valence-corrected chi connectivity index (χ3v) is 8.32. The van der Waals surface area contributed by atoms with E-state index in [0.29, 0.717) is 50.3 Å². The van der Waals surface area contributed by atoms with Crippen LogP contribution in [0.1, 0.15) is 29.2 Å². The molecule has 3 rings (SSSR count). The molecule has 1 aliphatic heterocycles. The highest BCUT2D eigenvalue weighted by atomic mass is 32.2. The normalized spacial score (nSPS) is 14.3. The maximum absolute atomic E-state index is 13.8. The maximum Gasteiger partial charge on any atom is 0.409 e. The van der Waals surface area contributed by atoms with Crippen molar-refractivity contribution in [3.8, 4) is 0 Å². The predicted molar refractivity (Wildman–Crippen MR) is 135 cm³/mol. The van der Waals surface area contributed by atoms with Crippen molar-refractivity contribution >= 4 is 22.0 Å². The monoisotopic (exact) mass is 501 g/mol. The molecule has 8 nitrogen and oxygen atoms in total. The van der Waals surface area contributed by atoms with Gasteiger partial charge in [-0.15, -0.1) is 0 Å². The Kier molecular flexibility index (Phi) is 8.91. The van der Waals surface area contributed by atoms with E-state index in [0.717, 1.165) is 11.1 Å². The molecule has 35 heavy (non-hydrogen) atoms. The molecule has 0 aromatic heterocycles. The second kappa shape index (κ2) is 11.7. The van der Waals surface area contributed by atoms with E-state index in [1.807, 2.05) is 49.4 Å². The van der Waals surface area contributed by atoms with Crippen molar-refractivity contribution in [2.45, 2.75) is 39.0 Å². The van der Waals surface area contributed by atoms with Gasteiger partial charge >= 0.3 is 6.09 Å². The lowest BCUT2D eigenvalue weighted by Gasteiger charge is -2.35. The Morgan fingerprint density at radius 3 is 2.09 bits per heavy atom. The number of amides is 2. The van der Waals surface area contributed by atoms with E-state index in [1.54, 1.807) is 30.6 Å². The third-order valence-electron chi connectivity index (χ3n) is 6.17. The van der Waals surface area contributed by atoms with Crippen LogP contribution in [0.15, 0.2) is 47.4 Å². The molecule has 0 unspecified atom stereocenters. The first-order valence-electron chi connectivity index (χ1n) is 11.9. The Morgan fingerprint density at radius 1 is 0.943 bits per heavy atom. The van der Waals surface area contributed by atoms with Gasteiger partial charge in [-0.3, -0.25) is 4.79 Å². The van der Waals surface area contributed by atoms with Crippen LogP contribution in [0.25, 0.3) is 0 Å². The molecule has 0 bridgehead atoms. The molecule has 9 heteroatoms. The summed E-state index contributed by atoms with van der Waals surface area (Å²) in [6.07, 6.45) is 0.102. The Morgan fingerprint density at radius 2 is 1.51 bits per heavy atom. The van der Waals surface area contributed by atoms with Crippen LogP contribution in [0.5, 0.6) is 0 Å². The van der Waals surface area contributed by atoms with Crippen molar-refractivity contribution in [1.82, 2.24) is 14.1 Å². The lowest BCUT2D eigenvalue weighted by molar-refractivity contribution is -0.133. The zero-order valence-electron chi connectivity index (χ0n) is 21.0. The third kappa shape index (κ3) is 6.61. The van der Waals surface area contributed by atoms with Crippen LogP contribution >= 0.6 is 0 Å². The van der Waals surface area contributed by atoms with Crippen LogP contribution in [0.4, 0.5) is 4.79 Å². The first kappa shape index (κ1) is 26.7. The van der Waals surface area contributed by atoms with E-state index < -0.39 is 16.1 Å². The van der Waals surface area contributed by atoms with Crippen molar-refractivity contribution in [2.24, 2.45) is 0 Å². The Hall–Kier alpha value is -2.91.